The van der Waals surface area contributed by atoms with E-state index in [1.54, 1.807) is 17.4 Å². The van der Waals surface area contributed by atoms with Gasteiger partial charge in [-0.3, -0.25) is 14.4 Å². The highest BCUT2D eigenvalue weighted by atomic mass is 32.1. The number of aromatic nitrogens is 2. The Kier molecular flexibility index (Phi) is 9.77. The number of thiazole rings is 1. The number of nitrogens with one attached hydrogen (secondary N) is 2. The molecule has 1 aromatic carbocycles. The lowest BCUT2D eigenvalue weighted by molar-refractivity contribution is -0.141. The number of hydrogen-bond donors (Lipinski definition) is 3. The number of likely N-dealkylation sites (tertiary alicyclic amines) is 1. The topological polar surface area (TPSA) is 147 Å². The summed E-state index contributed by atoms with van der Waals surface area (Å²) in [4.78, 5) is 45.1. The molecule has 0 bridgehead atoms. The van der Waals surface area contributed by atoms with Crippen LogP contribution in [0.2, 0.25) is 0 Å². The Morgan fingerprint density at radius 3 is 2.59 bits per heavy atom. The van der Waals surface area contributed by atoms with Crippen LogP contribution in [0, 0.1) is 12.8 Å². The minimum Gasteiger partial charge on any atom is -0.474 e. The quantitative estimate of drug-likeness (QED) is 0.292. The zero-order chi connectivity index (χ0) is 29.7. The normalized spacial score (nSPS) is 18.3. The van der Waals surface area contributed by atoms with E-state index in [1.165, 1.54) is 11.8 Å². The summed E-state index contributed by atoms with van der Waals surface area (Å²) in [5.41, 5.74) is 4.79. The second-order valence-corrected chi connectivity index (χ2v) is 11.5. The summed E-state index contributed by atoms with van der Waals surface area (Å²) >= 11 is 1.58. The summed E-state index contributed by atoms with van der Waals surface area (Å²) in [5, 5.41) is 20.0. The molecule has 1 fully saturated rings. The minimum absolute atomic E-state index is 0.0473. The van der Waals surface area contributed by atoms with E-state index in [0.717, 1.165) is 21.7 Å². The standard InChI is InChI=1S/C29H37N5O6S/c1-16(2)26(24-13-25(33-40-24)39-11-10-30-19(5)35)29(38)34-14-22(36)12-23(34)28(37)32-17(3)20-6-8-21(9-7-20)27-18(4)31-15-41-27/h6-9,13,15-17,22-23,26,36H,10-12,14H2,1-5H3,(H,30,35)(H,32,37)/t17-,22+,23-,26+/m0/s1. The van der Waals surface area contributed by atoms with Gasteiger partial charge in [-0.2, -0.15) is 0 Å². The van der Waals surface area contributed by atoms with Gasteiger partial charge in [-0.05, 0) is 36.0 Å². The number of amides is 3. The molecular formula is C29H37N5O6S. The predicted octanol–water partition coefficient (Wildman–Crippen LogP) is 3.20. The fraction of sp³-hybridized carbons (Fsp3) is 0.483. The van der Waals surface area contributed by atoms with Gasteiger partial charge in [0.15, 0.2) is 5.76 Å². The lowest BCUT2D eigenvalue weighted by Gasteiger charge is -2.29. The summed E-state index contributed by atoms with van der Waals surface area (Å²) in [6.45, 7) is 9.58. The summed E-state index contributed by atoms with van der Waals surface area (Å²) < 4.78 is 11.0. The zero-order valence-corrected chi connectivity index (χ0v) is 24.7. The average Bonchev–Trinajstić information content (AvgIpc) is 3.66. The van der Waals surface area contributed by atoms with E-state index in [2.05, 4.69) is 20.8 Å². The summed E-state index contributed by atoms with van der Waals surface area (Å²) in [7, 11) is 0. The summed E-state index contributed by atoms with van der Waals surface area (Å²) in [5.74, 6) is -1.21. The summed E-state index contributed by atoms with van der Waals surface area (Å²) in [6.07, 6.45) is -0.672. The molecular weight excluding hydrogens is 546 g/mol. The fourth-order valence-corrected chi connectivity index (χ4v) is 5.80. The lowest BCUT2D eigenvalue weighted by Crippen LogP contribution is -2.48. The van der Waals surface area contributed by atoms with Crippen molar-refractivity contribution in [3.8, 4) is 16.3 Å². The van der Waals surface area contributed by atoms with Crippen LogP contribution in [0.1, 0.15) is 63.1 Å². The number of hydrogen-bond acceptors (Lipinski definition) is 9. The molecule has 41 heavy (non-hydrogen) atoms. The summed E-state index contributed by atoms with van der Waals surface area (Å²) in [6, 6.07) is 8.39. The number of nitrogens with zero attached hydrogens (tertiary/aromatic N) is 3. The first kappa shape index (κ1) is 30.2. The van der Waals surface area contributed by atoms with Crippen molar-refractivity contribution in [1.29, 1.82) is 0 Å². The predicted molar refractivity (Wildman–Crippen MR) is 153 cm³/mol. The van der Waals surface area contributed by atoms with Crippen molar-refractivity contribution in [2.24, 2.45) is 5.92 Å². The largest absolute Gasteiger partial charge is 0.474 e. The van der Waals surface area contributed by atoms with E-state index in [9.17, 15) is 19.5 Å². The minimum atomic E-state index is -0.823. The van der Waals surface area contributed by atoms with E-state index in [4.69, 9.17) is 9.26 Å². The Labute approximate surface area is 243 Å². The molecule has 1 aliphatic heterocycles. The molecule has 1 aliphatic rings. The van der Waals surface area contributed by atoms with Crippen LogP contribution in [0.15, 0.2) is 40.4 Å². The van der Waals surface area contributed by atoms with E-state index < -0.39 is 18.1 Å². The number of aryl methyl sites for hydroxylation is 1. The van der Waals surface area contributed by atoms with Gasteiger partial charge in [0.2, 0.25) is 17.7 Å². The van der Waals surface area contributed by atoms with Crippen LogP contribution in [-0.4, -0.2) is 69.7 Å². The van der Waals surface area contributed by atoms with Crippen molar-refractivity contribution in [2.45, 2.75) is 65.1 Å². The molecule has 0 saturated carbocycles. The highest BCUT2D eigenvalue weighted by Crippen LogP contribution is 2.33. The molecule has 1 saturated heterocycles. The third-order valence-electron chi connectivity index (χ3n) is 7.11. The van der Waals surface area contributed by atoms with E-state index in [0.29, 0.717) is 12.3 Å². The SMILES string of the molecule is CC(=O)NCCOc1cc([C@H](C(=O)N2C[C@H](O)C[C@H]2C(=O)N[C@@H](C)c2ccc(-c3scnc3C)cc2)C(C)C)on1. The van der Waals surface area contributed by atoms with Gasteiger partial charge >= 0.3 is 0 Å². The highest BCUT2D eigenvalue weighted by Gasteiger charge is 2.43. The van der Waals surface area contributed by atoms with Crippen molar-refractivity contribution < 1.29 is 28.8 Å². The molecule has 12 heteroatoms. The molecule has 220 valence electrons. The third-order valence-corrected chi connectivity index (χ3v) is 8.09. The molecule has 3 aromatic rings. The monoisotopic (exact) mass is 583 g/mol. The van der Waals surface area contributed by atoms with Gasteiger partial charge < -0.3 is 29.9 Å². The van der Waals surface area contributed by atoms with E-state index >= 15 is 0 Å². The second-order valence-electron chi connectivity index (χ2n) is 10.6. The maximum absolute atomic E-state index is 13.8. The number of rotatable bonds is 11. The first-order valence-corrected chi connectivity index (χ1v) is 14.6. The first-order valence-electron chi connectivity index (χ1n) is 13.7. The van der Waals surface area contributed by atoms with Crippen LogP contribution >= 0.6 is 11.3 Å². The Hall–Kier alpha value is -3.77. The molecule has 2 aromatic heterocycles. The molecule has 0 aliphatic carbocycles. The Bertz CT molecular complexity index is 1350. The smallest absolute Gasteiger partial charge is 0.254 e. The van der Waals surface area contributed by atoms with Gasteiger partial charge in [0.1, 0.15) is 18.6 Å². The van der Waals surface area contributed by atoms with Crippen molar-refractivity contribution >= 4 is 29.1 Å². The maximum Gasteiger partial charge on any atom is 0.254 e. The molecule has 3 amide bonds. The van der Waals surface area contributed by atoms with Crippen molar-refractivity contribution in [3.63, 3.8) is 0 Å². The van der Waals surface area contributed by atoms with Crippen molar-refractivity contribution in [3.05, 3.63) is 52.9 Å². The van der Waals surface area contributed by atoms with Gasteiger partial charge in [-0.15, -0.1) is 11.3 Å². The molecule has 0 spiro atoms. The van der Waals surface area contributed by atoms with E-state index in [-0.39, 0.29) is 55.1 Å². The molecule has 4 atom stereocenters. The zero-order valence-electron chi connectivity index (χ0n) is 23.9. The van der Waals surface area contributed by atoms with E-state index in [1.807, 2.05) is 57.5 Å². The van der Waals surface area contributed by atoms with Crippen LogP contribution in [0.3, 0.4) is 0 Å². The average molecular weight is 584 g/mol. The Balaban J connectivity index is 1.42. The van der Waals surface area contributed by atoms with Crippen LogP contribution in [0.4, 0.5) is 0 Å². The van der Waals surface area contributed by atoms with Crippen LogP contribution in [0.5, 0.6) is 5.88 Å². The van der Waals surface area contributed by atoms with Gasteiger partial charge in [0.25, 0.3) is 5.88 Å². The number of carbonyl (C=O) groups is 3. The third kappa shape index (κ3) is 7.31. The molecule has 4 rings (SSSR count). The lowest BCUT2D eigenvalue weighted by atomic mass is 9.91. The van der Waals surface area contributed by atoms with Gasteiger partial charge in [0.05, 0.1) is 34.8 Å². The molecule has 11 nitrogen and oxygen atoms in total. The Morgan fingerprint density at radius 2 is 1.95 bits per heavy atom. The molecule has 0 radical (unpaired) electrons. The van der Waals surface area contributed by atoms with Gasteiger partial charge in [-0.1, -0.05) is 38.1 Å². The number of aliphatic hydroxyl groups is 1. The number of aliphatic hydroxyl groups excluding tert-OH is 1. The van der Waals surface area contributed by atoms with Gasteiger partial charge in [0, 0.05) is 26.0 Å². The van der Waals surface area contributed by atoms with Crippen molar-refractivity contribution in [1.82, 2.24) is 25.7 Å². The second kappa shape index (κ2) is 13.3. The fourth-order valence-electron chi connectivity index (χ4n) is 4.98. The van der Waals surface area contributed by atoms with Crippen molar-refractivity contribution in [2.75, 3.05) is 19.7 Å². The number of carbonyl (C=O) groups excluding carboxylic acids is 3. The first-order chi connectivity index (χ1) is 19.5. The number of ether oxygens (including phenoxy) is 1. The maximum atomic E-state index is 13.8. The number of β-amino-alcohol motifs (C(OH)–C–C–N with tert-alkyl or cyclic N) is 1. The molecule has 0 unspecified atom stereocenters. The Morgan fingerprint density at radius 1 is 1.22 bits per heavy atom. The molecule has 3 heterocycles. The molecule has 3 N–H and O–H groups in total. The number of benzene rings is 1. The van der Waals surface area contributed by atoms with Crippen LogP contribution < -0.4 is 15.4 Å². The highest BCUT2D eigenvalue weighted by molar-refractivity contribution is 7.13. The van der Waals surface area contributed by atoms with Gasteiger partial charge in [-0.25, -0.2) is 4.98 Å². The van der Waals surface area contributed by atoms with Crippen LogP contribution in [0.25, 0.3) is 10.4 Å². The van der Waals surface area contributed by atoms with Crippen LogP contribution in [-0.2, 0) is 14.4 Å².